The van der Waals surface area contributed by atoms with Crippen LogP contribution in [0, 0.1) is 6.92 Å². The number of oxazole rings is 1. The number of hydrogen-bond donors (Lipinski definition) is 3. The molecule has 1 aromatic carbocycles. The van der Waals surface area contributed by atoms with E-state index < -0.39 is 24.0 Å². The molecule has 8 heteroatoms. The van der Waals surface area contributed by atoms with Gasteiger partial charge >= 0.3 is 11.9 Å². The number of aryl methyl sites for hydroxylation is 1. The number of nitrogens with zero attached hydrogens (tertiary/aromatic N) is 1. The Morgan fingerprint density at radius 1 is 1.34 bits per heavy atom. The van der Waals surface area contributed by atoms with Crippen molar-refractivity contribution in [2.24, 2.45) is 0 Å². The molecule has 0 aliphatic carbocycles. The van der Waals surface area contributed by atoms with Crippen LogP contribution in [-0.4, -0.2) is 39.2 Å². The molecule has 0 unspecified atom stereocenters. The number of nitrogens with one attached hydrogen (secondary N) is 1. The lowest BCUT2D eigenvalue weighted by atomic mass is 9.98. The van der Waals surface area contributed by atoms with Gasteiger partial charge in [0.2, 0.25) is 0 Å². The summed E-state index contributed by atoms with van der Waals surface area (Å²) in [6, 6.07) is 6.77. The van der Waals surface area contributed by atoms with Crippen molar-refractivity contribution in [2.45, 2.75) is 38.8 Å². The zero-order valence-corrected chi connectivity index (χ0v) is 16.9. The van der Waals surface area contributed by atoms with E-state index in [-0.39, 0.29) is 12.3 Å². The highest BCUT2D eigenvalue weighted by Gasteiger charge is 2.24. The summed E-state index contributed by atoms with van der Waals surface area (Å²) in [6.07, 6.45) is 1.71. The Morgan fingerprint density at radius 3 is 2.52 bits per heavy atom. The van der Waals surface area contributed by atoms with Crippen LogP contribution in [0.2, 0.25) is 0 Å². The van der Waals surface area contributed by atoms with E-state index in [1.165, 1.54) is 6.20 Å². The van der Waals surface area contributed by atoms with Crippen LogP contribution < -0.4 is 5.32 Å². The van der Waals surface area contributed by atoms with Gasteiger partial charge in [-0.05, 0) is 43.0 Å². The minimum absolute atomic E-state index is 0.118. The molecule has 0 saturated carbocycles. The summed E-state index contributed by atoms with van der Waals surface area (Å²) in [5, 5.41) is 22.0. The van der Waals surface area contributed by atoms with Gasteiger partial charge in [0, 0.05) is 17.5 Å². The van der Waals surface area contributed by atoms with Gasteiger partial charge in [0.1, 0.15) is 5.76 Å². The summed E-state index contributed by atoms with van der Waals surface area (Å²) in [6.45, 7) is 7.38. The number of hydrogen-bond acceptors (Lipinski definition) is 5. The average Bonchev–Trinajstić information content (AvgIpc) is 3.08. The summed E-state index contributed by atoms with van der Waals surface area (Å²) in [5.41, 5.74) is 2.49. The SMILES string of the molecule is C=C(/C=C(\C)Cl)c1ccc(C[C@H](C[C@@H](O)C(=O)O)NC(=O)c2ncc(C)o2)cc1. The van der Waals surface area contributed by atoms with Crippen molar-refractivity contribution < 1.29 is 24.2 Å². The van der Waals surface area contributed by atoms with Gasteiger partial charge in [0.05, 0.1) is 6.20 Å². The zero-order chi connectivity index (χ0) is 21.6. The molecule has 2 atom stereocenters. The van der Waals surface area contributed by atoms with Crippen LogP contribution >= 0.6 is 11.6 Å². The van der Waals surface area contributed by atoms with Crippen molar-refractivity contribution in [3.8, 4) is 0 Å². The van der Waals surface area contributed by atoms with Crippen molar-refractivity contribution in [1.82, 2.24) is 10.3 Å². The third-order valence-corrected chi connectivity index (χ3v) is 4.23. The van der Waals surface area contributed by atoms with Gasteiger partial charge in [-0.25, -0.2) is 9.78 Å². The van der Waals surface area contributed by atoms with Gasteiger partial charge in [-0.3, -0.25) is 4.79 Å². The standard InChI is InChI=1S/C21H23ClN2O5/c1-12(8-13(2)22)16-6-4-15(5-7-16)9-17(10-18(25)21(27)28)24-19(26)20-23-11-14(3)29-20/h4-8,11,17-18,25H,1,9-10H2,2-3H3,(H,24,26)(H,27,28)/b13-8+/t17-,18-/m1/s1. The highest BCUT2D eigenvalue weighted by Crippen LogP contribution is 2.19. The van der Waals surface area contributed by atoms with Gasteiger partial charge in [0.15, 0.2) is 6.10 Å². The Morgan fingerprint density at radius 2 is 2.00 bits per heavy atom. The van der Waals surface area contributed by atoms with Gasteiger partial charge in [-0.15, -0.1) is 0 Å². The van der Waals surface area contributed by atoms with E-state index in [1.807, 2.05) is 24.3 Å². The number of carbonyl (C=O) groups excluding carboxylic acids is 1. The molecule has 1 heterocycles. The van der Waals surface area contributed by atoms with E-state index >= 15 is 0 Å². The second-order valence-corrected chi connectivity index (χ2v) is 7.29. The highest BCUT2D eigenvalue weighted by molar-refractivity contribution is 6.29. The summed E-state index contributed by atoms with van der Waals surface area (Å²) in [4.78, 5) is 27.2. The molecule has 0 aliphatic heterocycles. The highest BCUT2D eigenvalue weighted by atomic mass is 35.5. The number of benzene rings is 1. The van der Waals surface area contributed by atoms with Crippen LogP contribution in [0.3, 0.4) is 0 Å². The lowest BCUT2D eigenvalue weighted by molar-refractivity contribution is -0.147. The van der Waals surface area contributed by atoms with Crippen LogP contribution in [0.1, 0.15) is 40.9 Å². The largest absolute Gasteiger partial charge is 0.479 e. The first-order chi connectivity index (χ1) is 13.7. The minimum Gasteiger partial charge on any atom is -0.479 e. The maximum Gasteiger partial charge on any atom is 0.332 e. The Bertz CT molecular complexity index is 913. The van der Waals surface area contributed by atoms with E-state index in [0.29, 0.717) is 17.2 Å². The maximum absolute atomic E-state index is 12.3. The Balaban J connectivity index is 2.14. The number of carboxylic acids is 1. The third-order valence-electron chi connectivity index (χ3n) is 4.12. The molecule has 0 fully saturated rings. The van der Waals surface area contributed by atoms with Crippen molar-refractivity contribution in [2.75, 3.05) is 0 Å². The molecule has 0 saturated heterocycles. The van der Waals surface area contributed by atoms with Crippen LogP contribution in [0.4, 0.5) is 0 Å². The first-order valence-electron chi connectivity index (χ1n) is 8.92. The molecule has 154 valence electrons. The molecule has 2 aromatic rings. The number of aliphatic hydroxyl groups excluding tert-OH is 1. The molecule has 3 N–H and O–H groups in total. The molecular weight excluding hydrogens is 396 g/mol. The Hall–Kier alpha value is -2.90. The Kier molecular flexibility index (Phi) is 7.75. The number of halogens is 1. The fourth-order valence-electron chi connectivity index (χ4n) is 2.73. The molecule has 7 nitrogen and oxygen atoms in total. The topological polar surface area (TPSA) is 113 Å². The van der Waals surface area contributed by atoms with Crippen molar-refractivity contribution in [3.05, 3.63) is 70.9 Å². The lowest BCUT2D eigenvalue weighted by Gasteiger charge is -2.20. The smallest absolute Gasteiger partial charge is 0.332 e. The molecule has 29 heavy (non-hydrogen) atoms. The fraction of sp³-hybridized carbons (Fsp3) is 0.286. The number of amides is 1. The number of allylic oxidation sites excluding steroid dienone is 3. The maximum atomic E-state index is 12.3. The van der Waals surface area contributed by atoms with E-state index in [4.69, 9.17) is 21.1 Å². The number of aliphatic hydroxyl groups is 1. The molecule has 0 aliphatic rings. The van der Waals surface area contributed by atoms with E-state index in [1.54, 1.807) is 19.9 Å². The molecular formula is C21H23ClN2O5. The number of rotatable bonds is 9. The van der Waals surface area contributed by atoms with Crippen LogP contribution in [0.15, 0.2) is 52.6 Å². The molecule has 0 radical (unpaired) electrons. The van der Waals surface area contributed by atoms with Gasteiger partial charge in [-0.2, -0.15) is 0 Å². The number of aromatic nitrogens is 1. The monoisotopic (exact) mass is 418 g/mol. The second kappa shape index (κ2) is 10.0. The van der Waals surface area contributed by atoms with Crippen molar-refractivity contribution in [3.63, 3.8) is 0 Å². The number of carbonyl (C=O) groups is 2. The molecule has 0 bridgehead atoms. The van der Waals surface area contributed by atoms with Crippen LogP contribution in [0.5, 0.6) is 0 Å². The third kappa shape index (κ3) is 6.89. The second-order valence-electron chi connectivity index (χ2n) is 6.69. The van der Waals surface area contributed by atoms with Crippen LogP contribution in [-0.2, 0) is 11.2 Å². The molecule has 1 amide bonds. The molecule has 0 spiro atoms. The molecule has 2 rings (SSSR count). The normalized spacial score (nSPS) is 13.6. The summed E-state index contributed by atoms with van der Waals surface area (Å²) in [5.74, 6) is -1.57. The summed E-state index contributed by atoms with van der Waals surface area (Å²) < 4.78 is 5.19. The predicted molar refractivity (Wildman–Crippen MR) is 110 cm³/mol. The molecule has 1 aromatic heterocycles. The first kappa shape index (κ1) is 22.4. The van der Waals surface area contributed by atoms with Crippen molar-refractivity contribution in [1.29, 1.82) is 0 Å². The number of carboxylic acid groups (broad SMARTS) is 1. The fourth-order valence-corrected chi connectivity index (χ4v) is 2.86. The van der Waals surface area contributed by atoms with Crippen LogP contribution in [0.25, 0.3) is 5.57 Å². The quantitative estimate of drug-likeness (QED) is 0.538. The van der Waals surface area contributed by atoms with E-state index in [2.05, 4.69) is 16.9 Å². The first-order valence-corrected chi connectivity index (χ1v) is 9.29. The van der Waals surface area contributed by atoms with E-state index in [9.17, 15) is 14.7 Å². The summed E-state index contributed by atoms with van der Waals surface area (Å²) in [7, 11) is 0. The van der Waals surface area contributed by atoms with E-state index in [0.717, 1.165) is 16.7 Å². The van der Waals surface area contributed by atoms with Gasteiger partial charge < -0.3 is 19.9 Å². The zero-order valence-electron chi connectivity index (χ0n) is 16.2. The summed E-state index contributed by atoms with van der Waals surface area (Å²) >= 11 is 5.87. The lowest BCUT2D eigenvalue weighted by Crippen LogP contribution is -2.40. The predicted octanol–water partition coefficient (Wildman–Crippen LogP) is 3.32. The van der Waals surface area contributed by atoms with Gasteiger partial charge in [0.25, 0.3) is 5.89 Å². The minimum atomic E-state index is -1.61. The van der Waals surface area contributed by atoms with Gasteiger partial charge in [-0.1, -0.05) is 42.4 Å². The van der Waals surface area contributed by atoms with Crippen molar-refractivity contribution >= 4 is 29.1 Å². The Labute approximate surface area is 173 Å². The average molecular weight is 419 g/mol. The number of aliphatic carboxylic acids is 1.